The molecule has 0 radical (unpaired) electrons. The first-order valence-electron chi connectivity index (χ1n) is 4.51. The van der Waals surface area contributed by atoms with E-state index in [2.05, 4.69) is 10.3 Å². The number of hydrogen-bond acceptors (Lipinski definition) is 2. The van der Waals surface area contributed by atoms with Crippen molar-refractivity contribution in [2.45, 2.75) is 13.5 Å². The minimum Gasteiger partial charge on any atom is -0.314 e. The molecular weight excluding hydrogens is 198 g/mol. The molecule has 14 heavy (non-hydrogen) atoms. The van der Waals surface area contributed by atoms with Crippen molar-refractivity contribution in [3.8, 4) is 0 Å². The molecule has 0 aromatic carbocycles. The van der Waals surface area contributed by atoms with E-state index in [9.17, 15) is 0 Å². The number of nitrogens with zero attached hydrogens (tertiary/aromatic N) is 2. The van der Waals surface area contributed by atoms with Gasteiger partial charge in [0, 0.05) is 12.2 Å². The number of imidazole rings is 1. The zero-order chi connectivity index (χ0) is 10.1. The Morgan fingerprint density at radius 1 is 1.50 bits per heavy atom. The maximum atomic E-state index is 6.04. The smallest absolute Gasteiger partial charge is 0.207 e. The van der Waals surface area contributed by atoms with Crippen LogP contribution in [0.2, 0.25) is 5.28 Å². The molecule has 0 aliphatic heterocycles. The second-order valence-electron chi connectivity index (χ2n) is 3.23. The van der Waals surface area contributed by atoms with Gasteiger partial charge < -0.3 is 5.32 Å². The largest absolute Gasteiger partial charge is 0.314 e. The normalized spacial score (nSPS) is 11.1. The molecule has 3 nitrogen and oxygen atoms in total. The molecule has 0 atom stereocenters. The van der Waals surface area contributed by atoms with Crippen LogP contribution < -0.4 is 5.32 Å². The van der Waals surface area contributed by atoms with Gasteiger partial charge in [0.15, 0.2) is 0 Å². The van der Waals surface area contributed by atoms with Gasteiger partial charge >= 0.3 is 0 Å². The van der Waals surface area contributed by atoms with Crippen LogP contribution in [0.4, 0.5) is 0 Å². The lowest BCUT2D eigenvalue weighted by molar-refractivity contribution is 0.777. The van der Waals surface area contributed by atoms with E-state index in [1.165, 1.54) is 0 Å². The molecule has 0 aliphatic rings. The van der Waals surface area contributed by atoms with E-state index in [0.717, 1.165) is 23.4 Å². The number of aromatic nitrogens is 2. The number of aryl methyl sites for hydroxylation is 1. The Bertz CT molecular complexity index is 462. The fourth-order valence-electron chi connectivity index (χ4n) is 1.62. The number of fused-ring (bicyclic) bond motifs is 1. The molecule has 2 heterocycles. The first kappa shape index (κ1) is 9.49. The van der Waals surface area contributed by atoms with Gasteiger partial charge in [-0.2, -0.15) is 0 Å². The van der Waals surface area contributed by atoms with Gasteiger partial charge in [-0.3, -0.25) is 4.40 Å². The molecule has 0 saturated carbocycles. The van der Waals surface area contributed by atoms with Crippen LogP contribution in [0.5, 0.6) is 0 Å². The number of nitrogens with one attached hydrogen (secondary N) is 1. The van der Waals surface area contributed by atoms with Crippen LogP contribution in [0.15, 0.2) is 18.2 Å². The molecule has 1 N–H and O–H groups in total. The molecule has 2 aromatic heterocycles. The fourth-order valence-corrected chi connectivity index (χ4v) is 1.95. The molecule has 0 unspecified atom stereocenters. The summed E-state index contributed by atoms with van der Waals surface area (Å²) in [5.74, 6) is 0. The van der Waals surface area contributed by atoms with Crippen molar-refractivity contribution in [3.05, 3.63) is 34.9 Å². The molecular formula is C10H12ClN3. The highest BCUT2D eigenvalue weighted by atomic mass is 35.5. The third-order valence-electron chi connectivity index (χ3n) is 2.24. The molecule has 0 fully saturated rings. The predicted octanol–water partition coefficient (Wildman–Crippen LogP) is 2.02. The summed E-state index contributed by atoms with van der Waals surface area (Å²) in [6, 6.07) is 6.08. The van der Waals surface area contributed by atoms with E-state index in [-0.39, 0.29) is 0 Å². The van der Waals surface area contributed by atoms with E-state index in [4.69, 9.17) is 11.6 Å². The average molecular weight is 210 g/mol. The first-order valence-corrected chi connectivity index (χ1v) is 4.89. The van der Waals surface area contributed by atoms with Crippen molar-refractivity contribution in [2.24, 2.45) is 0 Å². The van der Waals surface area contributed by atoms with Crippen molar-refractivity contribution in [1.29, 1.82) is 0 Å². The van der Waals surface area contributed by atoms with Gasteiger partial charge in [-0.1, -0.05) is 6.07 Å². The zero-order valence-electron chi connectivity index (χ0n) is 8.21. The Morgan fingerprint density at radius 3 is 3.00 bits per heavy atom. The highest BCUT2D eigenvalue weighted by Gasteiger charge is 2.08. The third-order valence-corrected chi connectivity index (χ3v) is 2.50. The van der Waals surface area contributed by atoms with Crippen LogP contribution in [0, 0.1) is 6.92 Å². The lowest BCUT2D eigenvalue weighted by Gasteiger charge is -2.05. The molecule has 0 bridgehead atoms. The van der Waals surface area contributed by atoms with Crippen LogP contribution in [0.3, 0.4) is 0 Å². The summed E-state index contributed by atoms with van der Waals surface area (Å²) in [5.41, 5.74) is 3.16. The summed E-state index contributed by atoms with van der Waals surface area (Å²) in [6.07, 6.45) is 0. The summed E-state index contributed by atoms with van der Waals surface area (Å²) in [7, 11) is 1.91. The minimum absolute atomic E-state index is 0.531. The molecule has 0 spiro atoms. The predicted molar refractivity (Wildman–Crippen MR) is 57.7 cm³/mol. The van der Waals surface area contributed by atoms with Crippen molar-refractivity contribution in [3.63, 3.8) is 0 Å². The first-order chi connectivity index (χ1) is 6.74. The Morgan fingerprint density at radius 2 is 2.29 bits per heavy atom. The van der Waals surface area contributed by atoms with E-state index >= 15 is 0 Å². The van der Waals surface area contributed by atoms with Crippen molar-refractivity contribution in [1.82, 2.24) is 14.7 Å². The molecule has 0 aliphatic carbocycles. The molecule has 4 heteroatoms. The van der Waals surface area contributed by atoms with Gasteiger partial charge in [-0.15, -0.1) is 0 Å². The molecule has 74 valence electrons. The molecule has 2 aromatic rings. The van der Waals surface area contributed by atoms with Crippen molar-refractivity contribution in [2.75, 3.05) is 7.05 Å². The molecule has 0 amide bonds. The van der Waals surface area contributed by atoms with E-state index in [1.54, 1.807) is 0 Å². The summed E-state index contributed by atoms with van der Waals surface area (Å²) in [4.78, 5) is 4.23. The highest BCUT2D eigenvalue weighted by Crippen LogP contribution is 2.18. The maximum absolute atomic E-state index is 6.04. The second-order valence-corrected chi connectivity index (χ2v) is 3.57. The third kappa shape index (κ3) is 1.38. The van der Waals surface area contributed by atoms with E-state index in [0.29, 0.717) is 5.28 Å². The van der Waals surface area contributed by atoms with Gasteiger partial charge in [-0.05, 0) is 37.7 Å². The monoisotopic (exact) mass is 209 g/mol. The number of rotatable bonds is 2. The second kappa shape index (κ2) is 3.59. The maximum Gasteiger partial charge on any atom is 0.207 e. The summed E-state index contributed by atoms with van der Waals surface area (Å²) >= 11 is 6.04. The van der Waals surface area contributed by atoms with Gasteiger partial charge in [0.25, 0.3) is 0 Å². The van der Waals surface area contributed by atoms with Crippen LogP contribution in [0.25, 0.3) is 5.52 Å². The lowest BCUT2D eigenvalue weighted by Crippen LogP contribution is -2.09. The zero-order valence-corrected chi connectivity index (χ0v) is 8.97. The van der Waals surface area contributed by atoms with Crippen molar-refractivity contribution >= 4 is 17.1 Å². The Labute approximate surface area is 87.7 Å². The molecule has 0 saturated heterocycles. The highest BCUT2D eigenvalue weighted by molar-refractivity contribution is 6.28. The topological polar surface area (TPSA) is 29.3 Å². The van der Waals surface area contributed by atoms with Gasteiger partial charge in [0.05, 0.1) is 11.2 Å². The number of pyridine rings is 1. The minimum atomic E-state index is 0.531. The number of halogens is 1. The quantitative estimate of drug-likeness (QED) is 0.820. The fraction of sp³-hybridized carbons (Fsp3) is 0.300. The van der Waals surface area contributed by atoms with E-state index in [1.807, 2.05) is 36.6 Å². The van der Waals surface area contributed by atoms with Gasteiger partial charge in [0.2, 0.25) is 5.28 Å². The van der Waals surface area contributed by atoms with E-state index < -0.39 is 0 Å². The summed E-state index contributed by atoms with van der Waals surface area (Å²) in [6.45, 7) is 2.75. The SMILES string of the molecule is CNCc1cccc2c(C)nc(Cl)n12. The summed E-state index contributed by atoms with van der Waals surface area (Å²) in [5, 5.41) is 3.64. The number of hydrogen-bond donors (Lipinski definition) is 1. The Kier molecular flexibility index (Phi) is 2.44. The van der Waals surface area contributed by atoms with Gasteiger partial charge in [0.1, 0.15) is 0 Å². The molecule has 2 rings (SSSR count). The standard InChI is InChI=1S/C10H12ClN3/c1-7-9-5-3-4-8(6-12-2)14(9)10(11)13-7/h3-5,12H,6H2,1-2H3. The van der Waals surface area contributed by atoms with Gasteiger partial charge in [-0.25, -0.2) is 4.98 Å². The van der Waals surface area contributed by atoms with Crippen LogP contribution in [-0.2, 0) is 6.54 Å². The Balaban J connectivity index is 2.72. The lowest BCUT2D eigenvalue weighted by atomic mass is 10.3. The van der Waals surface area contributed by atoms with Crippen LogP contribution >= 0.6 is 11.6 Å². The van der Waals surface area contributed by atoms with Crippen molar-refractivity contribution < 1.29 is 0 Å². The Hall–Kier alpha value is -1.06. The van der Waals surface area contributed by atoms with Crippen LogP contribution in [0.1, 0.15) is 11.4 Å². The average Bonchev–Trinajstić information content (AvgIpc) is 2.44. The summed E-state index contributed by atoms with van der Waals surface area (Å²) < 4.78 is 1.97. The van der Waals surface area contributed by atoms with Crippen LogP contribution in [-0.4, -0.2) is 16.4 Å².